The van der Waals surface area contributed by atoms with E-state index in [1.54, 1.807) is 0 Å². The Morgan fingerprint density at radius 2 is 2.50 bits per heavy atom. The van der Waals surface area contributed by atoms with Gasteiger partial charge in [0.2, 0.25) is 0 Å². The van der Waals surface area contributed by atoms with E-state index >= 15 is 0 Å². The minimum Gasteiger partial charge on any atom is -0.372 e. The molecule has 0 N–H and O–H groups in total. The predicted molar refractivity (Wildman–Crippen MR) is 33.3 cm³/mol. The zero-order valence-corrected chi connectivity index (χ0v) is 5.74. The van der Waals surface area contributed by atoms with E-state index in [4.69, 9.17) is 4.74 Å². The van der Waals surface area contributed by atoms with E-state index in [9.17, 15) is 4.21 Å². The van der Waals surface area contributed by atoms with Gasteiger partial charge in [0, 0.05) is 16.6 Å². The van der Waals surface area contributed by atoms with Crippen LogP contribution in [-0.2, 0) is 15.5 Å². The lowest BCUT2D eigenvalue weighted by Gasteiger charge is -1.89. The van der Waals surface area contributed by atoms with Gasteiger partial charge in [0.25, 0.3) is 0 Å². The molecule has 0 aromatic carbocycles. The van der Waals surface area contributed by atoms with Crippen molar-refractivity contribution in [2.75, 3.05) is 18.1 Å². The van der Waals surface area contributed by atoms with Crippen LogP contribution in [0.3, 0.4) is 0 Å². The molecule has 0 spiro atoms. The van der Waals surface area contributed by atoms with Gasteiger partial charge in [-0.1, -0.05) is 6.92 Å². The molecule has 1 heterocycles. The quantitative estimate of drug-likeness (QED) is 0.514. The summed E-state index contributed by atoms with van der Waals surface area (Å²) in [6.45, 7) is 2.75. The van der Waals surface area contributed by atoms with Crippen molar-refractivity contribution in [3.8, 4) is 0 Å². The summed E-state index contributed by atoms with van der Waals surface area (Å²) in [6.07, 6.45) is 0.329. The van der Waals surface area contributed by atoms with Gasteiger partial charge in [0.1, 0.15) is 0 Å². The van der Waals surface area contributed by atoms with Gasteiger partial charge in [-0.25, -0.2) is 0 Å². The lowest BCUT2D eigenvalue weighted by Crippen LogP contribution is -2.04. The van der Waals surface area contributed by atoms with Crippen LogP contribution in [-0.4, -0.2) is 28.4 Å². The van der Waals surface area contributed by atoms with Crippen LogP contribution in [0.5, 0.6) is 0 Å². The molecule has 0 aliphatic carbocycles. The highest BCUT2D eigenvalue weighted by Crippen LogP contribution is 2.09. The standard InChI is InChI=1S/C5H10O2S/c1-2-8(6)4-5-3-7-5/h5H,2-4H2,1H3. The van der Waals surface area contributed by atoms with E-state index in [0.29, 0.717) is 6.10 Å². The molecule has 2 unspecified atom stereocenters. The lowest BCUT2D eigenvalue weighted by molar-refractivity contribution is 0.425. The van der Waals surface area contributed by atoms with Crippen LogP contribution >= 0.6 is 0 Å². The number of hydrogen-bond acceptors (Lipinski definition) is 2. The van der Waals surface area contributed by atoms with Crippen molar-refractivity contribution >= 4 is 10.8 Å². The summed E-state index contributed by atoms with van der Waals surface area (Å²) >= 11 is 0. The zero-order chi connectivity index (χ0) is 5.98. The average molecular weight is 134 g/mol. The third-order valence-electron chi connectivity index (χ3n) is 1.10. The highest BCUT2D eigenvalue weighted by molar-refractivity contribution is 7.85. The second kappa shape index (κ2) is 2.60. The molecule has 1 rings (SSSR count). The van der Waals surface area contributed by atoms with Crippen molar-refractivity contribution in [1.29, 1.82) is 0 Å². The molecule has 1 aliphatic rings. The maximum Gasteiger partial charge on any atom is 0.0924 e. The maximum absolute atomic E-state index is 10.7. The molecule has 8 heavy (non-hydrogen) atoms. The minimum atomic E-state index is -0.620. The second-order valence-corrected chi connectivity index (χ2v) is 3.64. The summed E-state index contributed by atoms with van der Waals surface area (Å²) in [4.78, 5) is 0. The fourth-order valence-electron chi connectivity index (χ4n) is 0.489. The van der Waals surface area contributed by atoms with Crippen LogP contribution < -0.4 is 0 Å². The average Bonchev–Trinajstić information content (AvgIpc) is 2.50. The molecular formula is C5H10O2S. The van der Waals surface area contributed by atoms with Crippen LogP contribution in [0.15, 0.2) is 0 Å². The Balaban J connectivity index is 2.07. The molecule has 0 bridgehead atoms. The van der Waals surface area contributed by atoms with Crippen molar-refractivity contribution in [1.82, 2.24) is 0 Å². The van der Waals surface area contributed by atoms with Crippen molar-refractivity contribution in [3.05, 3.63) is 0 Å². The Kier molecular flexibility index (Phi) is 2.02. The Bertz CT molecular complexity index is 98.6. The molecule has 48 valence electrons. The molecule has 0 radical (unpaired) electrons. The highest BCUT2D eigenvalue weighted by Gasteiger charge is 2.23. The molecule has 0 saturated carbocycles. The van der Waals surface area contributed by atoms with Crippen LogP contribution in [0, 0.1) is 0 Å². The van der Waals surface area contributed by atoms with E-state index in [0.717, 1.165) is 18.1 Å². The SMILES string of the molecule is CCS(=O)CC1CO1. The fourth-order valence-corrected chi connectivity index (χ4v) is 1.33. The van der Waals surface area contributed by atoms with E-state index in [2.05, 4.69) is 0 Å². The summed E-state index contributed by atoms with van der Waals surface area (Å²) in [5.74, 6) is 1.51. The summed E-state index contributed by atoms with van der Waals surface area (Å²) in [5, 5.41) is 0. The minimum absolute atomic E-state index is 0.329. The first-order valence-electron chi connectivity index (χ1n) is 2.79. The van der Waals surface area contributed by atoms with Crippen molar-refractivity contribution in [2.45, 2.75) is 13.0 Å². The van der Waals surface area contributed by atoms with Crippen LogP contribution in [0.2, 0.25) is 0 Å². The summed E-state index contributed by atoms with van der Waals surface area (Å²) < 4.78 is 15.6. The molecule has 0 aromatic rings. The first-order chi connectivity index (χ1) is 3.83. The van der Waals surface area contributed by atoms with Crippen LogP contribution in [0.1, 0.15) is 6.92 Å². The molecule has 2 nitrogen and oxygen atoms in total. The van der Waals surface area contributed by atoms with E-state index < -0.39 is 10.8 Å². The Morgan fingerprint density at radius 3 is 2.88 bits per heavy atom. The molecular weight excluding hydrogens is 124 g/mol. The number of epoxide rings is 1. The molecule has 0 aromatic heterocycles. The van der Waals surface area contributed by atoms with Crippen molar-refractivity contribution in [3.63, 3.8) is 0 Å². The maximum atomic E-state index is 10.7. The van der Waals surface area contributed by atoms with Crippen molar-refractivity contribution < 1.29 is 8.95 Å². The molecule has 3 heteroatoms. The molecule has 1 saturated heterocycles. The smallest absolute Gasteiger partial charge is 0.0924 e. The van der Waals surface area contributed by atoms with Gasteiger partial charge in [0.15, 0.2) is 0 Å². The monoisotopic (exact) mass is 134 g/mol. The van der Waals surface area contributed by atoms with E-state index in [1.807, 2.05) is 6.92 Å². The second-order valence-electron chi connectivity index (χ2n) is 1.85. The molecule has 1 aliphatic heterocycles. The largest absolute Gasteiger partial charge is 0.372 e. The summed E-state index contributed by atoms with van der Waals surface area (Å²) in [7, 11) is -0.620. The third-order valence-corrected chi connectivity index (χ3v) is 2.48. The number of hydrogen-bond donors (Lipinski definition) is 0. The molecule has 1 fully saturated rings. The molecule has 0 amide bonds. The van der Waals surface area contributed by atoms with Crippen LogP contribution in [0.25, 0.3) is 0 Å². The van der Waals surface area contributed by atoms with Gasteiger partial charge in [-0.2, -0.15) is 0 Å². The fraction of sp³-hybridized carbons (Fsp3) is 1.00. The summed E-state index contributed by atoms with van der Waals surface area (Å²) in [6, 6.07) is 0. The number of ether oxygens (including phenoxy) is 1. The van der Waals surface area contributed by atoms with Gasteiger partial charge >= 0.3 is 0 Å². The van der Waals surface area contributed by atoms with E-state index in [-0.39, 0.29) is 0 Å². The van der Waals surface area contributed by atoms with E-state index in [1.165, 1.54) is 0 Å². The topological polar surface area (TPSA) is 29.6 Å². The third kappa shape index (κ3) is 1.92. The first kappa shape index (κ1) is 6.23. The van der Waals surface area contributed by atoms with Gasteiger partial charge in [-0.15, -0.1) is 0 Å². The highest BCUT2D eigenvalue weighted by atomic mass is 32.2. The van der Waals surface area contributed by atoms with Gasteiger partial charge in [0.05, 0.1) is 18.5 Å². The van der Waals surface area contributed by atoms with Gasteiger partial charge in [-0.3, -0.25) is 4.21 Å². The normalized spacial score (nSPS) is 29.9. The summed E-state index contributed by atoms with van der Waals surface area (Å²) in [5.41, 5.74) is 0. The first-order valence-corrected chi connectivity index (χ1v) is 4.28. The number of rotatable bonds is 3. The van der Waals surface area contributed by atoms with Crippen LogP contribution in [0.4, 0.5) is 0 Å². The van der Waals surface area contributed by atoms with Gasteiger partial charge in [-0.05, 0) is 0 Å². The van der Waals surface area contributed by atoms with Crippen molar-refractivity contribution in [2.24, 2.45) is 0 Å². The molecule has 2 atom stereocenters. The predicted octanol–water partition coefficient (Wildman–Crippen LogP) is 0.154. The Hall–Kier alpha value is 0.110. The van der Waals surface area contributed by atoms with Gasteiger partial charge < -0.3 is 4.74 Å². The Morgan fingerprint density at radius 1 is 1.88 bits per heavy atom. The lowest BCUT2D eigenvalue weighted by atomic mass is 10.6. The Labute approximate surface area is 51.7 Å². The zero-order valence-electron chi connectivity index (χ0n) is 4.92.